The average Bonchev–Trinajstić information content (AvgIpc) is 3.05. The number of amidine groups is 1. The molecular formula is C18H19N7O. The molecule has 0 aliphatic heterocycles. The first-order valence-corrected chi connectivity index (χ1v) is 8.07. The molecule has 0 fully saturated rings. The van der Waals surface area contributed by atoms with Gasteiger partial charge in [-0.1, -0.05) is 6.58 Å². The second-order valence-electron chi connectivity index (χ2n) is 5.63. The van der Waals surface area contributed by atoms with Crippen LogP contribution in [0.4, 0.5) is 0 Å². The Balaban J connectivity index is 1.49. The Labute approximate surface area is 150 Å². The summed E-state index contributed by atoms with van der Waals surface area (Å²) >= 11 is 0. The molecule has 0 aliphatic carbocycles. The standard InChI is InChI=1S/C18H19N7O/c1-13(14-3-2-6-20-9-14)24-17(19)5-8-22-18(26)11-25-12-23-15-4-7-21-10-16(15)25/h2-4,6-7,9-10,12H,1,5,8,11H2,(H2,19,24)(H,22,26). The fraction of sp³-hybridized carbons (Fsp3) is 0.167. The lowest BCUT2D eigenvalue weighted by molar-refractivity contribution is -0.121. The van der Waals surface area contributed by atoms with Crippen molar-refractivity contribution in [2.45, 2.75) is 13.0 Å². The van der Waals surface area contributed by atoms with Crippen molar-refractivity contribution in [3.63, 3.8) is 0 Å². The normalized spacial score (nSPS) is 11.5. The highest BCUT2D eigenvalue weighted by atomic mass is 16.1. The first-order valence-electron chi connectivity index (χ1n) is 8.07. The molecule has 0 aromatic carbocycles. The summed E-state index contributed by atoms with van der Waals surface area (Å²) in [7, 11) is 0. The second-order valence-corrected chi connectivity index (χ2v) is 5.63. The van der Waals surface area contributed by atoms with Crippen LogP contribution in [-0.4, -0.2) is 37.8 Å². The smallest absolute Gasteiger partial charge is 0.240 e. The predicted octanol–water partition coefficient (Wildman–Crippen LogP) is 1.36. The van der Waals surface area contributed by atoms with Crippen LogP contribution in [0.25, 0.3) is 16.7 Å². The molecule has 0 saturated heterocycles. The van der Waals surface area contributed by atoms with E-state index in [0.29, 0.717) is 24.5 Å². The number of amides is 1. The number of nitrogens with one attached hydrogen (secondary N) is 1. The predicted molar refractivity (Wildman–Crippen MR) is 100 cm³/mol. The highest BCUT2D eigenvalue weighted by molar-refractivity contribution is 5.87. The SMILES string of the molecule is C=C(N=C(N)CCNC(=O)Cn1cnc2ccncc21)c1cccnc1. The van der Waals surface area contributed by atoms with Gasteiger partial charge in [-0.2, -0.15) is 0 Å². The minimum atomic E-state index is -0.132. The molecule has 3 heterocycles. The third kappa shape index (κ3) is 4.29. The number of aliphatic imine (C=N–C) groups is 1. The van der Waals surface area contributed by atoms with Gasteiger partial charge in [0.2, 0.25) is 5.91 Å². The summed E-state index contributed by atoms with van der Waals surface area (Å²) < 4.78 is 1.75. The number of rotatable bonds is 7. The first kappa shape index (κ1) is 17.3. The lowest BCUT2D eigenvalue weighted by atomic mass is 10.2. The van der Waals surface area contributed by atoms with Crippen molar-refractivity contribution >= 4 is 28.5 Å². The Kier molecular flexibility index (Phi) is 5.33. The van der Waals surface area contributed by atoms with Crippen molar-refractivity contribution in [2.75, 3.05) is 6.54 Å². The van der Waals surface area contributed by atoms with Crippen molar-refractivity contribution in [2.24, 2.45) is 10.7 Å². The molecule has 0 radical (unpaired) electrons. The molecule has 0 spiro atoms. The minimum absolute atomic E-state index is 0.132. The summed E-state index contributed by atoms with van der Waals surface area (Å²) in [6.45, 7) is 4.43. The van der Waals surface area contributed by atoms with Gasteiger partial charge in [0.25, 0.3) is 0 Å². The molecule has 3 N–H and O–H groups in total. The molecule has 0 unspecified atom stereocenters. The molecule has 3 aromatic heterocycles. The summed E-state index contributed by atoms with van der Waals surface area (Å²) in [5, 5.41) is 2.82. The molecule has 1 amide bonds. The van der Waals surface area contributed by atoms with Gasteiger partial charge in [0.15, 0.2) is 0 Å². The number of nitrogens with two attached hydrogens (primary N) is 1. The molecule has 8 heteroatoms. The molecular weight excluding hydrogens is 330 g/mol. The summed E-state index contributed by atoms with van der Waals surface area (Å²) in [6, 6.07) is 5.47. The van der Waals surface area contributed by atoms with Gasteiger partial charge < -0.3 is 15.6 Å². The fourth-order valence-corrected chi connectivity index (χ4v) is 2.40. The van der Waals surface area contributed by atoms with Crippen LogP contribution in [0.1, 0.15) is 12.0 Å². The zero-order valence-electron chi connectivity index (χ0n) is 14.2. The molecule has 132 valence electrons. The van der Waals surface area contributed by atoms with Crippen LogP contribution in [0.15, 0.2) is 60.9 Å². The number of nitrogens with zero attached hydrogens (tertiary/aromatic N) is 5. The maximum Gasteiger partial charge on any atom is 0.240 e. The number of carbonyl (C=O) groups excluding carboxylic acids is 1. The van der Waals surface area contributed by atoms with E-state index in [0.717, 1.165) is 16.6 Å². The van der Waals surface area contributed by atoms with Crippen molar-refractivity contribution in [3.05, 3.63) is 61.5 Å². The van der Waals surface area contributed by atoms with Crippen LogP contribution < -0.4 is 11.1 Å². The van der Waals surface area contributed by atoms with Gasteiger partial charge in [0.1, 0.15) is 12.4 Å². The number of imidazole rings is 1. The quantitative estimate of drug-likeness (QED) is 0.494. The number of hydrogen-bond acceptors (Lipinski definition) is 5. The molecule has 0 bridgehead atoms. The monoisotopic (exact) mass is 349 g/mol. The van der Waals surface area contributed by atoms with Gasteiger partial charge in [-0.3, -0.25) is 14.8 Å². The van der Waals surface area contributed by atoms with E-state index in [4.69, 9.17) is 5.73 Å². The van der Waals surface area contributed by atoms with Gasteiger partial charge in [-0.25, -0.2) is 9.98 Å². The number of aromatic nitrogens is 4. The maximum atomic E-state index is 12.1. The van der Waals surface area contributed by atoms with Crippen LogP contribution in [0, 0.1) is 0 Å². The molecule has 26 heavy (non-hydrogen) atoms. The van der Waals surface area contributed by atoms with Crippen LogP contribution in [-0.2, 0) is 11.3 Å². The molecule has 8 nitrogen and oxygen atoms in total. The van der Waals surface area contributed by atoms with E-state index in [1.807, 2.05) is 12.1 Å². The highest BCUT2D eigenvalue weighted by Gasteiger charge is 2.07. The molecule has 0 atom stereocenters. The lowest BCUT2D eigenvalue weighted by Gasteiger charge is -2.07. The largest absolute Gasteiger partial charge is 0.387 e. The third-order valence-electron chi connectivity index (χ3n) is 3.71. The molecule has 3 aromatic rings. The van der Waals surface area contributed by atoms with Crippen molar-refractivity contribution in [1.82, 2.24) is 24.8 Å². The number of fused-ring (bicyclic) bond motifs is 1. The van der Waals surface area contributed by atoms with Gasteiger partial charge >= 0.3 is 0 Å². The van der Waals surface area contributed by atoms with Crippen LogP contribution in [0.5, 0.6) is 0 Å². The zero-order valence-corrected chi connectivity index (χ0v) is 14.2. The zero-order chi connectivity index (χ0) is 18.4. The van der Waals surface area contributed by atoms with E-state index in [9.17, 15) is 4.79 Å². The Morgan fingerprint density at radius 2 is 2.12 bits per heavy atom. The van der Waals surface area contributed by atoms with Crippen molar-refractivity contribution in [1.29, 1.82) is 0 Å². The Hall–Kier alpha value is -3.55. The lowest BCUT2D eigenvalue weighted by Crippen LogP contribution is -2.30. The van der Waals surface area contributed by atoms with E-state index in [-0.39, 0.29) is 12.5 Å². The number of hydrogen-bond donors (Lipinski definition) is 2. The van der Waals surface area contributed by atoms with E-state index in [1.165, 1.54) is 0 Å². The minimum Gasteiger partial charge on any atom is -0.387 e. The topological polar surface area (TPSA) is 111 Å². The molecule has 0 aliphatic rings. The van der Waals surface area contributed by atoms with Crippen molar-refractivity contribution in [3.8, 4) is 0 Å². The molecule has 0 saturated carbocycles. The Morgan fingerprint density at radius 3 is 2.92 bits per heavy atom. The van der Waals surface area contributed by atoms with Gasteiger partial charge in [-0.05, 0) is 18.2 Å². The van der Waals surface area contributed by atoms with Crippen LogP contribution >= 0.6 is 0 Å². The summed E-state index contributed by atoms with van der Waals surface area (Å²) in [4.78, 5) is 28.6. The van der Waals surface area contributed by atoms with Gasteiger partial charge in [0.05, 0.1) is 29.3 Å². The summed E-state index contributed by atoms with van der Waals surface area (Å²) in [5.74, 6) is 0.267. The number of pyridine rings is 2. The molecule has 3 rings (SSSR count). The first-order chi connectivity index (χ1) is 12.6. The summed E-state index contributed by atoms with van der Waals surface area (Å²) in [5.41, 5.74) is 8.87. The van der Waals surface area contributed by atoms with E-state index < -0.39 is 0 Å². The highest BCUT2D eigenvalue weighted by Crippen LogP contribution is 2.11. The fourth-order valence-electron chi connectivity index (χ4n) is 2.40. The van der Waals surface area contributed by atoms with E-state index >= 15 is 0 Å². The third-order valence-corrected chi connectivity index (χ3v) is 3.71. The van der Waals surface area contributed by atoms with Crippen LogP contribution in [0.3, 0.4) is 0 Å². The maximum absolute atomic E-state index is 12.1. The average molecular weight is 349 g/mol. The number of carbonyl (C=O) groups is 1. The summed E-state index contributed by atoms with van der Waals surface area (Å²) in [6.07, 6.45) is 8.76. The van der Waals surface area contributed by atoms with Crippen molar-refractivity contribution < 1.29 is 4.79 Å². The second kappa shape index (κ2) is 8.02. The Bertz CT molecular complexity index is 946. The van der Waals surface area contributed by atoms with Crippen LogP contribution in [0.2, 0.25) is 0 Å². The van der Waals surface area contributed by atoms with Gasteiger partial charge in [0, 0.05) is 37.1 Å². The van der Waals surface area contributed by atoms with Gasteiger partial charge in [-0.15, -0.1) is 0 Å². The Morgan fingerprint density at radius 1 is 1.27 bits per heavy atom. The van der Waals surface area contributed by atoms with E-state index in [2.05, 4.69) is 31.8 Å². The van der Waals surface area contributed by atoms with E-state index in [1.54, 1.807) is 41.7 Å².